The van der Waals surface area contributed by atoms with E-state index >= 15 is 0 Å². The average molecular weight is 260 g/mol. The molecule has 19 heavy (non-hydrogen) atoms. The van der Waals surface area contributed by atoms with Gasteiger partial charge in [-0.05, 0) is 67.8 Å². The molecule has 0 aliphatic heterocycles. The number of amides is 1. The topological polar surface area (TPSA) is 55.1 Å². The molecule has 0 atom stereocenters. The second-order valence-electron chi connectivity index (χ2n) is 6.02. The maximum Gasteiger partial charge on any atom is 0.224 e. The van der Waals surface area contributed by atoms with Crippen LogP contribution in [0.2, 0.25) is 0 Å². The van der Waals surface area contributed by atoms with Gasteiger partial charge in [0.1, 0.15) is 0 Å². The molecule has 0 spiro atoms. The van der Waals surface area contributed by atoms with Gasteiger partial charge in [0, 0.05) is 6.54 Å². The lowest BCUT2D eigenvalue weighted by Crippen LogP contribution is -2.34. The fraction of sp³-hybridized carbons (Fsp3) is 0.562. The Bertz CT molecular complexity index is 490. The minimum atomic E-state index is 0.103. The molecule has 1 saturated carbocycles. The van der Waals surface area contributed by atoms with E-state index in [4.69, 9.17) is 5.73 Å². The number of hydrogen-bond acceptors (Lipinski definition) is 2. The second-order valence-corrected chi connectivity index (χ2v) is 6.02. The van der Waals surface area contributed by atoms with Crippen LogP contribution in [0.5, 0.6) is 0 Å². The molecule has 1 aromatic rings. The molecule has 1 aromatic carbocycles. The first-order chi connectivity index (χ1) is 8.96. The quantitative estimate of drug-likeness (QED) is 0.851. The van der Waals surface area contributed by atoms with E-state index in [1.165, 1.54) is 16.7 Å². The van der Waals surface area contributed by atoms with Crippen molar-refractivity contribution in [3.63, 3.8) is 0 Å². The van der Waals surface area contributed by atoms with E-state index in [0.717, 1.165) is 24.9 Å². The molecule has 0 radical (unpaired) electrons. The molecule has 3 heteroatoms. The lowest BCUT2D eigenvalue weighted by Gasteiger charge is -2.14. The predicted octanol–water partition coefficient (Wildman–Crippen LogP) is 2.01. The lowest BCUT2D eigenvalue weighted by atomic mass is 9.98. The van der Waals surface area contributed by atoms with Crippen molar-refractivity contribution >= 4 is 5.91 Å². The molecule has 3 nitrogen and oxygen atoms in total. The van der Waals surface area contributed by atoms with Crippen LogP contribution in [0.4, 0.5) is 0 Å². The highest BCUT2D eigenvalue weighted by Gasteiger charge is 2.41. The molecule has 0 bridgehead atoms. The van der Waals surface area contributed by atoms with Crippen LogP contribution in [-0.2, 0) is 11.2 Å². The highest BCUT2D eigenvalue weighted by atomic mass is 16.1. The van der Waals surface area contributed by atoms with Crippen molar-refractivity contribution in [2.75, 3.05) is 13.1 Å². The largest absolute Gasteiger partial charge is 0.355 e. The standard InChI is InChI=1S/C16H24N2O/c1-11-6-13(3)14(7-12(11)2)8-15(19)18-10-16(9-17)4-5-16/h6-7H,4-5,8-10,17H2,1-3H3,(H,18,19). The highest BCUT2D eigenvalue weighted by Crippen LogP contribution is 2.43. The Morgan fingerprint density at radius 1 is 1.21 bits per heavy atom. The monoisotopic (exact) mass is 260 g/mol. The van der Waals surface area contributed by atoms with Crippen molar-refractivity contribution in [3.05, 3.63) is 34.4 Å². The number of nitrogens with one attached hydrogen (secondary N) is 1. The molecule has 1 aliphatic carbocycles. The van der Waals surface area contributed by atoms with Crippen molar-refractivity contribution < 1.29 is 4.79 Å². The van der Waals surface area contributed by atoms with Crippen LogP contribution in [0.1, 0.15) is 35.1 Å². The van der Waals surface area contributed by atoms with Gasteiger partial charge in [0.05, 0.1) is 6.42 Å². The SMILES string of the molecule is Cc1cc(C)c(CC(=O)NCC2(CN)CC2)cc1C. The van der Waals surface area contributed by atoms with Crippen LogP contribution in [0.15, 0.2) is 12.1 Å². The smallest absolute Gasteiger partial charge is 0.224 e. The van der Waals surface area contributed by atoms with Gasteiger partial charge < -0.3 is 11.1 Å². The van der Waals surface area contributed by atoms with E-state index in [-0.39, 0.29) is 11.3 Å². The summed E-state index contributed by atoms with van der Waals surface area (Å²) in [4.78, 5) is 12.0. The third kappa shape index (κ3) is 3.35. The molecule has 1 fully saturated rings. The predicted molar refractivity (Wildman–Crippen MR) is 78.1 cm³/mol. The minimum absolute atomic E-state index is 0.103. The van der Waals surface area contributed by atoms with Crippen LogP contribution >= 0.6 is 0 Å². The zero-order valence-electron chi connectivity index (χ0n) is 12.2. The van der Waals surface area contributed by atoms with Gasteiger partial charge in [-0.3, -0.25) is 4.79 Å². The molecule has 0 aromatic heterocycles. The molecule has 1 aliphatic rings. The summed E-state index contributed by atoms with van der Waals surface area (Å²) < 4.78 is 0. The number of hydrogen-bond donors (Lipinski definition) is 2. The molecular formula is C16H24N2O. The summed E-state index contributed by atoms with van der Waals surface area (Å²) in [6.45, 7) is 7.66. The molecule has 0 unspecified atom stereocenters. The Hall–Kier alpha value is -1.35. The molecule has 104 valence electrons. The maximum absolute atomic E-state index is 12.0. The maximum atomic E-state index is 12.0. The summed E-state index contributed by atoms with van der Waals surface area (Å²) in [6.07, 6.45) is 2.76. The first kappa shape index (κ1) is 14.1. The number of carbonyl (C=O) groups excluding carboxylic acids is 1. The number of nitrogens with two attached hydrogens (primary N) is 1. The molecule has 3 N–H and O–H groups in total. The Morgan fingerprint density at radius 3 is 2.42 bits per heavy atom. The number of rotatable bonds is 5. The Morgan fingerprint density at radius 2 is 1.84 bits per heavy atom. The van der Waals surface area contributed by atoms with Gasteiger partial charge in [-0.25, -0.2) is 0 Å². The van der Waals surface area contributed by atoms with E-state index in [1.807, 2.05) is 0 Å². The minimum Gasteiger partial charge on any atom is -0.355 e. The molecule has 0 heterocycles. The van der Waals surface area contributed by atoms with Crippen molar-refractivity contribution in [2.24, 2.45) is 11.1 Å². The van der Waals surface area contributed by atoms with Crippen LogP contribution in [0.3, 0.4) is 0 Å². The zero-order valence-corrected chi connectivity index (χ0v) is 12.2. The van der Waals surface area contributed by atoms with E-state index in [1.54, 1.807) is 0 Å². The van der Waals surface area contributed by atoms with Crippen LogP contribution in [0, 0.1) is 26.2 Å². The van der Waals surface area contributed by atoms with Crippen molar-refractivity contribution in [2.45, 2.75) is 40.0 Å². The van der Waals surface area contributed by atoms with E-state index in [0.29, 0.717) is 13.0 Å². The van der Waals surface area contributed by atoms with Gasteiger partial charge >= 0.3 is 0 Å². The van der Waals surface area contributed by atoms with E-state index < -0.39 is 0 Å². The summed E-state index contributed by atoms with van der Waals surface area (Å²) in [6, 6.07) is 4.28. The van der Waals surface area contributed by atoms with Crippen molar-refractivity contribution in [1.82, 2.24) is 5.32 Å². The van der Waals surface area contributed by atoms with Gasteiger partial charge in [-0.15, -0.1) is 0 Å². The molecular weight excluding hydrogens is 236 g/mol. The third-order valence-corrected chi connectivity index (χ3v) is 4.35. The third-order valence-electron chi connectivity index (χ3n) is 4.35. The highest BCUT2D eigenvalue weighted by molar-refractivity contribution is 5.79. The Kier molecular flexibility index (Phi) is 3.95. The summed E-state index contributed by atoms with van der Waals surface area (Å²) in [7, 11) is 0. The van der Waals surface area contributed by atoms with Crippen LogP contribution in [0.25, 0.3) is 0 Å². The van der Waals surface area contributed by atoms with Gasteiger partial charge in [0.2, 0.25) is 5.91 Å². The van der Waals surface area contributed by atoms with Gasteiger partial charge in [-0.2, -0.15) is 0 Å². The van der Waals surface area contributed by atoms with E-state index in [9.17, 15) is 4.79 Å². The Balaban J connectivity index is 1.93. The fourth-order valence-corrected chi connectivity index (χ4v) is 2.36. The second kappa shape index (κ2) is 5.33. The Labute approximate surface area is 115 Å². The number of aryl methyl sites for hydroxylation is 3. The van der Waals surface area contributed by atoms with Crippen molar-refractivity contribution in [3.8, 4) is 0 Å². The normalized spacial score (nSPS) is 16.2. The molecule has 2 rings (SSSR count). The molecule has 0 saturated heterocycles. The van der Waals surface area contributed by atoms with Gasteiger partial charge in [0.15, 0.2) is 0 Å². The van der Waals surface area contributed by atoms with Crippen LogP contribution in [-0.4, -0.2) is 19.0 Å². The number of carbonyl (C=O) groups is 1. The zero-order chi connectivity index (χ0) is 14.0. The van der Waals surface area contributed by atoms with Crippen LogP contribution < -0.4 is 11.1 Å². The summed E-state index contributed by atoms with van der Waals surface area (Å²) in [5.74, 6) is 0.103. The average Bonchev–Trinajstić information content (AvgIpc) is 3.14. The lowest BCUT2D eigenvalue weighted by molar-refractivity contribution is -0.120. The summed E-state index contributed by atoms with van der Waals surface area (Å²) in [5.41, 5.74) is 10.8. The first-order valence-corrected chi connectivity index (χ1v) is 6.99. The summed E-state index contributed by atoms with van der Waals surface area (Å²) in [5, 5.41) is 3.03. The van der Waals surface area contributed by atoms with E-state index in [2.05, 4.69) is 38.2 Å². The number of benzene rings is 1. The van der Waals surface area contributed by atoms with Gasteiger partial charge in [0.25, 0.3) is 0 Å². The van der Waals surface area contributed by atoms with Crippen molar-refractivity contribution in [1.29, 1.82) is 0 Å². The molecule has 1 amide bonds. The first-order valence-electron chi connectivity index (χ1n) is 6.99. The van der Waals surface area contributed by atoms with Gasteiger partial charge in [-0.1, -0.05) is 12.1 Å². The summed E-state index contributed by atoms with van der Waals surface area (Å²) >= 11 is 0. The fourth-order valence-electron chi connectivity index (χ4n) is 2.36.